The molecule has 2 fully saturated rings. The molecule has 0 spiro atoms. The minimum absolute atomic E-state index is 0.0200. The molecule has 4 heteroatoms. The summed E-state index contributed by atoms with van der Waals surface area (Å²) < 4.78 is 5.56. The fraction of sp³-hybridized carbons (Fsp3) is 0.593. The van der Waals surface area contributed by atoms with E-state index in [2.05, 4.69) is 32.1 Å². The summed E-state index contributed by atoms with van der Waals surface area (Å²) in [4.78, 5) is 11.5. The second-order valence-corrected chi connectivity index (χ2v) is 10.7. The summed E-state index contributed by atoms with van der Waals surface area (Å²) >= 11 is 0. The zero-order valence-corrected chi connectivity index (χ0v) is 18.7. The molecule has 1 aromatic rings. The fourth-order valence-corrected chi connectivity index (χ4v) is 7.90. The van der Waals surface area contributed by atoms with Crippen LogP contribution in [0.3, 0.4) is 0 Å². The molecule has 4 nitrogen and oxygen atoms in total. The molecule has 1 aromatic carbocycles. The first-order valence-corrected chi connectivity index (χ1v) is 11.6. The molecule has 0 aromatic heterocycles. The molecule has 0 N–H and O–H groups in total. The van der Waals surface area contributed by atoms with E-state index < -0.39 is 0 Å². The maximum Gasteiger partial charge on any atom is 0.302 e. The Kier molecular flexibility index (Phi) is 4.56. The van der Waals surface area contributed by atoms with Crippen LogP contribution in [0.1, 0.15) is 81.5 Å². The van der Waals surface area contributed by atoms with Crippen molar-refractivity contribution < 1.29 is 9.53 Å². The molecule has 0 aliphatic heterocycles. The zero-order chi connectivity index (χ0) is 22.0. The zero-order valence-electron chi connectivity index (χ0n) is 18.7. The van der Waals surface area contributed by atoms with E-state index in [1.165, 1.54) is 30.0 Å². The van der Waals surface area contributed by atoms with Gasteiger partial charge in [0.25, 0.3) is 0 Å². The van der Waals surface area contributed by atoms with Crippen LogP contribution in [0.5, 0.6) is 0 Å². The maximum absolute atomic E-state index is 11.5. The molecule has 160 valence electrons. The molecule has 31 heavy (non-hydrogen) atoms. The van der Waals surface area contributed by atoms with Crippen molar-refractivity contribution in [3.05, 3.63) is 46.0 Å². The third kappa shape index (κ3) is 2.88. The number of hydrogen-bond acceptors (Lipinski definition) is 4. The van der Waals surface area contributed by atoms with E-state index in [9.17, 15) is 15.3 Å². The summed E-state index contributed by atoms with van der Waals surface area (Å²) in [6.07, 6.45) is 9.72. The SMILES string of the molecule is CC(=O)OC1CCC2(C)C(=CCC3C2CCC2(C)c4c(C#N)cc(C#N)cc4CC32)C1. The summed E-state index contributed by atoms with van der Waals surface area (Å²) in [7, 11) is 0. The Morgan fingerprint density at radius 1 is 1.06 bits per heavy atom. The highest BCUT2D eigenvalue weighted by Gasteiger charge is 2.58. The standard InChI is InChI=1S/C27H30N2O2/c1-16(30)31-21-6-8-26(2)20(13-21)4-5-22-23(26)7-9-27(3)24(22)12-18-10-17(14-28)11-19(15-29)25(18)27/h4,10-11,21-24H,5-9,12-13H2,1-3H3. The lowest BCUT2D eigenvalue weighted by Crippen LogP contribution is -2.51. The van der Waals surface area contributed by atoms with Gasteiger partial charge in [0, 0.05) is 13.3 Å². The average molecular weight is 415 g/mol. The Labute approximate surface area is 184 Å². The smallest absolute Gasteiger partial charge is 0.302 e. The first-order chi connectivity index (χ1) is 14.8. The fourth-order valence-electron chi connectivity index (χ4n) is 7.90. The van der Waals surface area contributed by atoms with Gasteiger partial charge in [-0.25, -0.2) is 0 Å². The van der Waals surface area contributed by atoms with Crippen molar-refractivity contribution in [3.8, 4) is 12.1 Å². The molecule has 0 bridgehead atoms. The maximum atomic E-state index is 11.5. The van der Waals surface area contributed by atoms with Gasteiger partial charge in [-0.05, 0) is 90.4 Å². The topological polar surface area (TPSA) is 73.9 Å². The Bertz CT molecular complexity index is 1070. The van der Waals surface area contributed by atoms with Crippen LogP contribution in [0.15, 0.2) is 23.8 Å². The minimum atomic E-state index is -0.176. The van der Waals surface area contributed by atoms with Crippen molar-refractivity contribution in [2.45, 2.75) is 77.2 Å². The number of carbonyl (C=O) groups is 1. The molecule has 5 rings (SSSR count). The quantitative estimate of drug-likeness (QED) is 0.459. The van der Waals surface area contributed by atoms with Crippen LogP contribution in [0.25, 0.3) is 0 Å². The monoisotopic (exact) mass is 414 g/mol. The molecule has 0 saturated heterocycles. The highest BCUT2D eigenvalue weighted by molar-refractivity contribution is 5.66. The van der Waals surface area contributed by atoms with Gasteiger partial charge in [-0.2, -0.15) is 10.5 Å². The number of allylic oxidation sites excluding steroid dienone is 1. The average Bonchev–Trinajstić information content (AvgIpc) is 3.05. The first kappa shape index (κ1) is 20.3. The second kappa shape index (κ2) is 6.96. The number of benzene rings is 1. The van der Waals surface area contributed by atoms with Gasteiger partial charge in [-0.15, -0.1) is 0 Å². The van der Waals surface area contributed by atoms with E-state index in [0.717, 1.165) is 38.5 Å². The van der Waals surface area contributed by atoms with Gasteiger partial charge in [-0.3, -0.25) is 4.79 Å². The number of nitriles is 2. The normalized spacial score (nSPS) is 37.8. The summed E-state index contributed by atoms with van der Waals surface area (Å²) in [5.41, 5.74) is 5.46. The summed E-state index contributed by atoms with van der Waals surface area (Å²) in [5, 5.41) is 19.3. The number of rotatable bonds is 1. The highest BCUT2D eigenvalue weighted by atomic mass is 16.5. The predicted molar refractivity (Wildman–Crippen MR) is 117 cm³/mol. The molecule has 2 saturated carbocycles. The Morgan fingerprint density at radius 3 is 2.55 bits per heavy atom. The lowest BCUT2D eigenvalue weighted by molar-refractivity contribution is -0.148. The summed E-state index contributed by atoms with van der Waals surface area (Å²) in [5.74, 6) is 1.58. The number of carbonyl (C=O) groups excluding carboxylic acids is 1. The van der Waals surface area contributed by atoms with Crippen molar-refractivity contribution in [2.24, 2.45) is 23.2 Å². The first-order valence-electron chi connectivity index (χ1n) is 11.6. The van der Waals surface area contributed by atoms with E-state index >= 15 is 0 Å². The van der Waals surface area contributed by atoms with Gasteiger partial charge in [-0.1, -0.05) is 25.5 Å². The predicted octanol–water partition coefficient (Wildman–Crippen LogP) is 5.34. The van der Waals surface area contributed by atoms with E-state index in [0.29, 0.717) is 28.9 Å². The van der Waals surface area contributed by atoms with Gasteiger partial charge in [0.05, 0.1) is 23.3 Å². The van der Waals surface area contributed by atoms with Gasteiger partial charge >= 0.3 is 5.97 Å². The van der Waals surface area contributed by atoms with E-state index in [1.807, 2.05) is 6.07 Å². The Hall–Kier alpha value is -2.59. The highest BCUT2D eigenvalue weighted by Crippen LogP contribution is 2.64. The van der Waals surface area contributed by atoms with Gasteiger partial charge in [0.15, 0.2) is 0 Å². The second-order valence-electron chi connectivity index (χ2n) is 10.7. The Morgan fingerprint density at radius 2 is 1.84 bits per heavy atom. The lowest BCUT2D eigenvalue weighted by atomic mass is 9.47. The van der Waals surface area contributed by atoms with Crippen molar-refractivity contribution >= 4 is 5.97 Å². The molecule has 0 amide bonds. The molecule has 6 unspecified atom stereocenters. The van der Waals surface area contributed by atoms with Crippen molar-refractivity contribution in [2.75, 3.05) is 0 Å². The minimum Gasteiger partial charge on any atom is -0.462 e. The van der Waals surface area contributed by atoms with Crippen LogP contribution in [0, 0.1) is 45.8 Å². The molecular weight excluding hydrogens is 384 g/mol. The molecule has 0 heterocycles. The summed E-state index contributed by atoms with van der Waals surface area (Å²) in [6, 6.07) is 8.47. The molecule has 4 aliphatic carbocycles. The number of hydrogen-bond donors (Lipinski definition) is 0. The summed E-state index contributed by atoms with van der Waals surface area (Å²) in [6.45, 7) is 6.32. The molecule has 4 aliphatic rings. The van der Waals surface area contributed by atoms with Gasteiger partial charge in [0.2, 0.25) is 0 Å². The molecular formula is C27H30N2O2. The largest absolute Gasteiger partial charge is 0.462 e. The van der Waals surface area contributed by atoms with Crippen LogP contribution in [0.2, 0.25) is 0 Å². The number of nitrogens with zero attached hydrogens (tertiary/aromatic N) is 2. The number of esters is 1. The van der Waals surface area contributed by atoms with Crippen molar-refractivity contribution in [1.29, 1.82) is 10.5 Å². The van der Waals surface area contributed by atoms with Crippen LogP contribution >= 0.6 is 0 Å². The number of ether oxygens (including phenoxy) is 1. The van der Waals surface area contributed by atoms with E-state index in [4.69, 9.17) is 4.74 Å². The molecule has 6 atom stereocenters. The van der Waals surface area contributed by atoms with Crippen molar-refractivity contribution in [1.82, 2.24) is 0 Å². The van der Waals surface area contributed by atoms with Crippen LogP contribution in [-0.2, 0) is 21.4 Å². The molecule has 0 radical (unpaired) electrons. The third-order valence-corrected chi connectivity index (χ3v) is 9.26. The van der Waals surface area contributed by atoms with Gasteiger partial charge < -0.3 is 4.74 Å². The Balaban J connectivity index is 1.49. The van der Waals surface area contributed by atoms with Crippen LogP contribution in [-0.4, -0.2) is 12.1 Å². The van der Waals surface area contributed by atoms with Crippen LogP contribution < -0.4 is 0 Å². The van der Waals surface area contributed by atoms with Crippen molar-refractivity contribution in [3.63, 3.8) is 0 Å². The number of fused-ring (bicyclic) bond motifs is 7. The van der Waals surface area contributed by atoms with Crippen LogP contribution in [0.4, 0.5) is 0 Å². The lowest BCUT2D eigenvalue weighted by Gasteiger charge is -2.57. The van der Waals surface area contributed by atoms with E-state index in [-0.39, 0.29) is 22.9 Å². The third-order valence-electron chi connectivity index (χ3n) is 9.26. The van der Waals surface area contributed by atoms with E-state index in [1.54, 1.807) is 6.07 Å². The van der Waals surface area contributed by atoms with Gasteiger partial charge in [0.1, 0.15) is 6.10 Å².